The van der Waals surface area contributed by atoms with Crippen LogP contribution in [0.2, 0.25) is 5.02 Å². The summed E-state index contributed by atoms with van der Waals surface area (Å²) in [6, 6.07) is 6.84. The molecule has 1 aromatic heterocycles. The lowest BCUT2D eigenvalue weighted by molar-refractivity contribution is 0.102. The molecule has 1 heterocycles. The van der Waals surface area contributed by atoms with Crippen LogP contribution in [0.4, 0.5) is 15.9 Å². The van der Waals surface area contributed by atoms with Crippen molar-refractivity contribution in [2.24, 2.45) is 0 Å². The molecule has 0 aliphatic heterocycles. The van der Waals surface area contributed by atoms with Crippen LogP contribution in [-0.2, 0) is 0 Å². The van der Waals surface area contributed by atoms with Gasteiger partial charge >= 0.3 is 0 Å². The minimum atomic E-state index is -0.471. The van der Waals surface area contributed by atoms with Crippen LogP contribution in [0.15, 0.2) is 30.3 Å². The van der Waals surface area contributed by atoms with E-state index in [9.17, 15) is 9.18 Å². The van der Waals surface area contributed by atoms with Crippen molar-refractivity contribution < 1.29 is 9.18 Å². The highest BCUT2D eigenvalue weighted by atomic mass is 35.5. The van der Waals surface area contributed by atoms with Crippen LogP contribution < -0.4 is 10.6 Å². The van der Waals surface area contributed by atoms with Crippen LogP contribution in [0.1, 0.15) is 10.5 Å². The molecule has 2 N–H and O–H groups in total. The van der Waals surface area contributed by atoms with Gasteiger partial charge in [0.2, 0.25) is 0 Å². The van der Waals surface area contributed by atoms with Crippen molar-refractivity contribution in [3.8, 4) is 0 Å². The van der Waals surface area contributed by atoms with E-state index in [2.05, 4.69) is 20.8 Å². The molecule has 2 rings (SSSR count). The summed E-state index contributed by atoms with van der Waals surface area (Å²) < 4.78 is 12.9. The van der Waals surface area contributed by atoms with Gasteiger partial charge in [-0.05, 0) is 30.3 Å². The largest absolute Gasteiger partial charge is 0.372 e. The highest BCUT2D eigenvalue weighted by Gasteiger charge is 2.11. The van der Waals surface area contributed by atoms with E-state index in [0.29, 0.717) is 11.5 Å². The summed E-state index contributed by atoms with van der Waals surface area (Å²) in [7, 11) is 1.70. The molecule has 5 nitrogen and oxygen atoms in total. The van der Waals surface area contributed by atoms with Gasteiger partial charge in [-0.25, -0.2) is 4.39 Å². The van der Waals surface area contributed by atoms with E-state index in [1.807, 2.05) is 0 Å². The fourth-order valence-electron chi connectivity index (χ4n) is 1.36. The zero-order valence-electron chi connectivity index (χ0n) is 9.95. The molecule has 0 atom stereocenters. The zero-order chi connectivity index (χ0) is 13.8. The van der Waals surface area contributed by atoms with Gasteiger partial charge in [-0.3, -0.25) is 4.79 Å². The van der Waals surface area contributed by atoms with Crippen molar-refractivity contribution in [3.63, 3.8) is 0 Å². The Bertz CT molecular complexity index is 603. The van der Waals surface area contributed by atoms with Crippen LogP contribution in [0.3, 0.4) is 0 Å². The number of hydrogen-bond acceptors (Lipinski definition) is 4. The first kappa shape index (κ1) is 13.2. The molecule has 0 aliphatic carbocycles. The first-order chi connectivity index (χ1) is 9.10. The molecule has 1 amide bonds. The Kier molecular flexibility index (Phi) is 3.91. The highest BCUT2D eigenvalue weighted by Crippen LogP contribution is 2.22. The third kappa shape index (κ3) is 3.17. The van der Waals surface area contributed by atoms with Crippen molar-refractivity contribution in [1.29, 1.82) is 0 Å². The quantitative estimate of drug-likeness (QED) is 0.907. The number of nitrogens with one attached hydrogen (secondary N) is 2. The van der Waals surface area contributed by atoms with Crippen molar-refractivity contribution >= 4 is 29.0 Å². The van der Waals surface area contributed by atoms with Crippen LogP contribution in [-0.4, -0.2) is 23.2 Å². The predicted octanol–water partition coefficient (Wildman–Crippen LogP) is 2.56. The predicted molar refractivity (Wildman–Crippen MR) is 70.9 cm³/mol. The number of carbonyl (C=O) groups excluding carboxylic acids is 1. The molecule has 0 aliphatic rings. The summed E-state index contributed by atoms with van der Waals surface area (Å²) in [5.41, 5.74) is 0.451. The average molecular weight is 281 g/mol. The summed E-state index contributed by atoms with van der Waals surface area (Å²) in [4.78, 5) is 11.9. The molecule has 0 saturated carbocycles. The number of amides is 1. The molecule has 0 saturated heterocycles. The summed E-state index contributed by atoms with van der Waals surface area (Å²) in [5, 5.41) is 13.0. The fourth-order valence-corrected chi connectivity index (χ4v) is 1.58. The van der Waals surface area contributed by atoms with Gasteiger partial charge in [-0.2, -0.15) is 0 Å². The number of benzene rings is 1. The second kappa shape index (κ2) is 5.62. The SMILES string of the molecule is CNc1ccc(C(=O)Nc2ccc(F)cc2Cl)nn1. The van der Waals surface area contributed by atoms with Gasteiger partial charge in [0.05, 0.1) is 10.7 Å². The second-order valence-corrected chi connectivity index (χ2v) is 4.04. The average Bonchev–Trinajstić information content (AvgIpc) is 2.42. The molecule has 1 aromatic carbocycles. The first-order valence-corrected chi connectivity index (χ1v) is 5.76. The van der Waals surface area contributed by atoms with Crippen LogP contribution in [0.5, 0.6) is 0 Å². The summed E-state index contributed by atoms with van der Waals surface area (Å²) in [6.07, 6.45) is 0. The Morgan fingerprint density at radius 2 is 2.05 bits per heavy atom. The van der Waals surface area contributed by atoms with E-state index in [1.165, 1.54) is 18.2 Å². The van der Waals surface area contributed by atoms with Crippen LogP contribution in [0.25, 0.3) is 0 Å². The minimum Gasteiger partial charge on any atom is -0.372 e. The molecule has 19 heavy (non-hydrogen) atoms. The van der Waals surface area contributed by atoms with E-state index < -0.39 is 11.7 Å². The Labute approximate surface area is 113 Å². The number of anilines is 2. The molecule has 0 bridgehead atoms. The van der Waals surface area contributed by atoms with Gasteiger partial charge in [-0.15, -0.1) is 10.2 Å². The van der Waals surface area contributed by atoms with Gasteiger partial charge in [0.1, 0.15) is 11.6 Å². The number of nitrogens with zero attached hydrogens (tertiary/aromatic N) is 2. The maximum atomic E-state index is 12.9. The molecule has 2 aromatic rings. The Hall–Kier alpha value is -2.21. The number of carbonyl (C=O) groups is 1. The fraction of sp³-hybridized carbons (Fsp3) is 0.0833. The van der Waals surface area contributed by atoms with E-state index >= 15 is 0 Å². The molecule has 0 spiro atoms. The van der Waals surface area contributed by atoms with Crippen molar-refractivity contribution in [2.45, 2.75) is 0 Å². The lowest BCUT2D eigenvalue weighted by Gasteiger charge is -2.06. The third-order valence-electron chi connectivity index (χ3n) is 2.33. The van der Waals surface area contributed by atoms with E-state index in [-0.39, 0.29) is 10.7 Å². The Balaban J connectivity index is 2.15. The second-order valence-electron chi connectivity index (χ2n) is 3.63. The Morgan fingerprint density at radius 3 is 2.63 bits per heavy atom. The third-order valence-corrected chi connectivity index (χ3v) is 2.65. The van der Waals surface area contributed by atoms with Gasteiger partial charge in [0, 0.05) is 7.05 Å². The molecular weight excluding hydrogens is 271 g/mol. The summed E-state index contributed by atoms with van der Waals surface area (Å²) >= 11 is 5.81. The standard InChI is InChI=1S/C12H10ClFN4O/c1-15-11-5-4-10(17-18-11)12(19)16-9-3-2-7(14)6-8(9)13/h2-6H,1H3,(H,15,18)(H,16,19). The van der Waals surface area contributed by atoms with Crippen LogP contribution in [0, 0.1) is 5.82 Å². The maximum Gasteiger partial charge on any atom is 0.276 e. The number of halogens is 2. The van der Waals surface area contributed by atoms with Crippen molar-refractivity contribution in [3.05, 3.63) is 46.9 Å². The molecule has 0 radical (unpaired) electrons. The molecule has 7 heteroatoms. The summed E-state index contributed by atoms with van der Waals surface area (Å²) in [6.45, 7) is 0. The molecule has 0 unspecified atom stereocenters. The first-order valence-electron chi connectivity index (χ1n) is 5.38. The monoisotopic (exact) mass is 280 g/mol. The zero-order valence-corrected chi connectivity index (χ0v) is 10.7. The van der Waals surface area contributed by atoms with Crippen molar-refractivity contribution in [1.82, 2.24) is 10.2 Å². The van der Waals surface area contributed by atoms with E-state index in [4.69, 9.17) is 11.6 Å². The lowest BCUT2D eigenvalue weighted by Crippen LogP contribution is -2.15. The van der Waals surface area contributed by atoms with Gasteiger partial charge < -0.3 is 10.6 Å². The van der Waals surface area contributed by atoms with Gasteiger partial charge in [-0.1, -0.05) is 11.6 Å². The number of hydrogen-bond donors (Lipinski definition) is 2. The lowest BCUT2D eigenvalue weighted by atomic mass is 10.3. The van der Waals surface area contributed by atoms with E-state index in [1.54, 1.807) is 13.1 Å². The van der Waals surface area contributed by atoms with Crippen molar-refractivity contribution in [2.75, 3.05) is 17.7 Å². The maximum absolute atomic E-state index is 12.9. The summed E-state index contributed by atoms with van der Waals surface area (Å²) in [5.74, 6) is -0.388. The minimum absolute atomic E-state index is 0.119. The molecular formula is C12H10ClFN4O. The topological polar surface area (TPSA) is 66.9 Å². The van der Waals surface area contributed by atoms with E-state index in [0.717, 1.165) is 6.07 Å². The molecule has 98 valence electrons. The normalized spacial score (nSPS) is 10.1. The molecule has 0 fully saturated rings. The van der Waals surface area contributed by atoms with Gasteiger partial charge in [0.25, 0.3) is 5.91 Å². The van der Waals surface area contributed by atoms with Crippen LogP contribution >= 0.6 is 11.6 Å². The number of aromatic nitrogens is 2. The smallest absolute Gasteiger partial charge is 0.276 e. The van der Waals surface area contributed by atoms with Gasteiger partial charge in [0.15, 0.2) is 5.69 Å². The Morgan fingerprint density at radius 1 is 1.26 bits per heavy atom. The highest BCUT2D eigenvalue weighted by molar-refractivity contribution is 6.33. The number of rotatable bonds is 3.